The van der Waals surface area contributed by atoms with Gasteiger partial charge in [-0.3, -0.25) is 4.98 Å². The van der Waals surface area contributed by atoms with E-state index in [4.69, 9.17) is 0 Å². The molecular weight excluding hydrogens is 208 g/mol. The first-order valence-electron chi connectivity index (χ1n) is 6.83. The summed E-state index contributed by atoms with van der Waals surface area (Å²) in [5.74, 6) is 1.72. The lowest BCUT2D eigenvalue weighted by atomic mass is 9.91. The lowest BCUT2D eigenvalue weighted by Gasteiger charge is -2.23. The van der Waals surface area contributed by atoms with E-state index in [-0.39, 0.29) is 0 Å². The summed E-state index contributed by atoms with van der Waals surface area (Å²) in [6, 6.07) is 2.76. The molecule has 94 valence electrons. The molecule has 17 heavy (non-hydrogen) atoms. The molecule has 1 aromatic rings. The van der Waals surface area contributed by atoms with Crippen LogP contribution in [0.15, 0.2) is 18.5 Å². The predicted molar refractivity (Wildman–Crippen MR) is 71.9 cm³/mol. The predicted octanol–water partition coefficient (Wildman–Crippen LogP) is 3.48. The molecule has 0 radical (unpaired) electrons. The van der Waals surface area contributed by atoms with Crippen molar-refractivity contribution in [1.29, 1.82) is 0 Å². The van der Waals surface area contributed by atoms with E-state index >= 15 is 0 Å². The second-order valence-corrected chi connectivity index (χ2v) is 5.41. The standard InChI is InChI=1S/C15H24N2/c1-4-12-5-6-13(8-12)15(16-3)14-7-11(2)9-17-10-14/h7,9-10,12-13,15-16H,4-6,8H2,1-3H3. The molecular formula is C15H24N2. The Hall–Kier alpha value is -0.890. The van der Waals surface area contributed by atoms with E-state index in [0.29, 0.717) is 6.04 Å². The molecule has 2 nitrogen and oxygen atoms in total. The van der Waals surface area contributed by atoms with E-state index in [1.165, 1.54) is 36.8 Å². The zero-order valence-corrected chi connectivity index (χ0v) is 11.2. The Bertz CT molecular complexity index is 362. The first-order valence-corrected chi connectivity index (χ1v) is 6.83. The molecule has 1 N–H and O–H groups in total. The van der Waals surface area contributed by atoms with Crippen molar-refractivity contribution >= 4 is 0 Å². The Morgan fingerprint density at radius 3 is 2.82 bits per heavy atom. The number of pyridine rings is 1. The van der Waals surface area contributed by atoms with Crippen LogP contribution in [-0.2, 0) is 0 Å². The van der Waals surface area contributed by atoms with Gasteiger partial charge in [0.05, 0.1) is 0 Å². The van der Waals surface area contributed by atoms with Gasteiger partial charge in [0.15, 0.2) is 0 Å². The van der Waals surface area contributed by atoms with Crippen LogP contribution in [0.4, 0.5) is 0 Å². The van der Waals surface area contributed by atoms with Crippen LogP contribution in [0.25, 0.3) is 0 Å². The van der Waals surface area contributed by atoms with Crippen LogP contribution >= 0.6 is 0 Å². The molecule has 1 aromatic heterocycles. The molecule has 0 spiro atoms. The zero-order valence-electron chi connectivity index (χ0n) is 11.2. The molecule has 0 bridgehead atoms. The lowest BCUT2D eigenvalue weighted by molar-refractivity contribution is 0.372. The maximum Gasteiger partial charge on any atom is 0.0361 e. The highest BCUT2D eigenvalue weighted by Gasteiger charge is 2.30. The molecule has 1 fully saturated rings. The quantitative estimate of drug-likeness (QED) is 0.859. The SMILES string of the molecule is CCC1CCC(C(NC)c2cncc(C)c2)C1. The summed E-state index contributed by atoms with van der Waals surface area (Å²) in [6.07, 6.45) is 9.42. The number of rotatable bonds is 4. The lowest BCUT2D eigenvalue weighted by Crippen LogP contribution is -2.24. The third-order valence-electron chi connectivity index (χ3n) is 4.20. The normalized spacial score (nSPS) is 26.1. The van der Waals surface area contributed by atoms with Crippen molar-refractivity contribution in [1.82, 2.24) is 10.3 Å². The van der Waals surface area contributed by atoms with Crippen LogP contribution in [0.3, 0.4) is 0 Å². The van der Waals surface area contributed by atoms with Crippen molar-refractivity contribution in [3.63, 3.8) is 0 Å². The summed E-state index contributed by atoms with van der Waals surface area (Å²) < 4.78 is 0. The second kappa shape index (κ2) is 5.63. The van der Waals surface area contributed by atoms with Gasteiger partial charge < -0.3 is 5.32 Å². The van der Waals surface area contributed by atoms with Crippen molar-refractivity contribution in [2.75, 3.05) is 7.05 Å². The topological polar surface area (TPSA) is 24.9 Å². The third-order valence-corrected chi connectivity index (χ3v) is 4.20. The average Bonchev–Trinajstić information content (AvgIpc) is 2.79. The van der Waals surface area contributed by atoms with E-state index in [0.717, 1.165) is 11.8 Å². The largest absolute Gasteiger partial charge is 0.313 e. The van der Waals surface area contributed by atoms with Gasteiger partial charge in [-0.15, -0.1) is 0 Å². The molecule has 0 saturated heterocycles. The average molecular weight is 232 g/mol. The van der Waals surface area contributed by atoms with Crippen LogP contribution in [0, 0.1) is 18.8 Å². The summed E-state index contributed by atoms with van der Waals surface area (Å²) in [5, 5.41) is 3.49. The van der Waals surface area contributed by atoms with Crippen molar-refractivity contribution in [2.45, 2.75) is 45.6 Å². The smallest absolute Gasteiger partial charge is 0.0361 e. The number of aryl methyl sites for hydroxylation is 1. The fraction of sp³-hybridized carbons (Fsp3) is 0.667. The highest BCUT2D eigenvalue weighted by molar-refractivity contribution is 5.21. The van der Waals surface area contributed by atoms with Gasteiger partial charge in [0.25, 0.3) is 0 Å². The van der Waals surface area contributed by atoms with Crippen LogP contribution in [0.1, 0.15) is 49.8 Å². The molecule has 1 heterocycles. The molecule has 3 atom stereocenters. The maximum absolute atomic E-state index is 4.32. The zero-order chi connectivity index (χ0) is 12.3. The highest BCUT2D eigenvalue weighted by Crippen LogP contribution is 2.40. The molecule has 1 aliphatic rings. The summed E-state index contributed by atoms with van der Waals surface area (Å²) in [7, 11) is 2.08. The van der Waals surface area contributed by atoms with E-state index in [1.54, 1.807) is 0 Å². The van der Waals surface area contributed by atoms with Crippen molar-refractivity contribution in [3.8, 4) is 0 Å². The molecule has 0 aromatic carbocycles. The van der Waals surface area contributed by atoms with Crippen LogP contribution in [-0.4, -0.2) is 12.0 Å². The van der Waals surface area contributed by atoms with Gasteiger partial charge >= 0.3 is 0 Å². The summed E-state index contributed by atoms with van der Waals surface area (Å²) >= 11 is 0. The molecule has 0 amide bonds. The molecule has 1 saturated carbocycles. The monoisotopic (exact) mass is 232 g/mol. The van der Waals surface area contributed by atoms with Gasteiger partial charge in [0, 0.05) is 18.4 Å². The van der Waals surface area contributed by atoms with Gasteiger partial charge in [0.1, 0.15) is 0 Å². The first-order chi connectivity index (χ1) is 8.24. The van der Waals surface area contributed by atoms with E-state index in [9.17, 15) is 0 Å². The van der Waals surface area contributed by atoms with Crippen molar-refractivity contribution < 1.29 is 0 Å². The Kier molecular flexibility index (Phi) is 4.16. The summed E-state index contributed by atoms with van der Waals surface area (Å²) in [4.78, 5) is 4.32. The van der Waals surface area contributed by atoms with Gasteiger partial charge in [-0.05, 0) is 49.8 Å². The number of nitrogens with zero attached hydrogens (tertiary/aromatic N) is 1. The maximum atomic E-state index is 4.32. The third kappa shape index (κ3) is 2.86. The minimum atomic E-state index is 0.485. The number of hydrogen-bond donors (Lipinski definition) is 1. The summed E-state index contributed by atoms with van der Waals surface area (Å²) in [6.45, 7) is 4.43. The Morgan fingerprint density at radius 2 is 2.24 bits per heavy atom. The second-order valence-electron chi connectivity index (χ2n) is 5.41. The molecule has 2 rings (SSSR count). The fourth-order valence-corrected chi connectivity index (χ4v) is 3.21. The Balaban J connectivity index is 2.11. The van der Waals surface area contributed by atoms with E-state index < -0.39 is 0 Å². The fourth-order valence-electron chi connectivity index (χ4n) is 3.21. The Labute approximate surface area is 105 Å². The Morgan fingerprint density at radius 1 is 1.41 bits per heavy atom. The van der Waals surface area contributed by atoms with Gasteiger partial charge in [-0.25, -0.2) is 0 Å². The van der Waals surface area contributed by atoms with Crippen LogP contribution in [0.2, 0.25) is 0 Å². The van der Waals surface area contributed by atoms with E-state index in [1.807, 2.05) is 12.4 Å². The summed E-state index contributed by atoms with van der Waals surface area (Å²) in [5.41, 5.74) is 2.61. The molecule has 2 heteroatoms. The minimum absolute atomic E-state index is 0.485. The minimum Gasteiger partial charge on any atom is -0.313 e. The molecule has 3 unspecified atom stereocenters. The highest BCUT2D eigenvalue weighted by atomic mass is 14.9. The van der Waals surface area contributed by atoms with Crippen molar-refractivity contribution in [2.24, 2.45) is 11.8 Å². The van der Waals surface area contributed by atoms with Gasteiger partial charge in [-0.1, -0.05) is 25.8 Å². The number of aromatic nitrogens is 1. The van der Waals surface area contributed by atoms with Crippen LogP contribution in [0.5, 0.6) is 0 Å². The van der Waals surface area contributed by atoms with Crippen LogP contribution < -0.4 is 5.32 Å². The van der Waals surface area contributed by atoms with Gasteiger partial charge in [0.2, 0.25) is 0 Å². The van der Waals surface area contributed by atoms with Gasteiger partial charge in [-0.2, -0.15) is 0 Å². The molecule has 0 aliphatic heterocycles. The first kappa shape index (κ1) is 12.6. The molecule has 1 aliphatic carbocycles. The van der Waals surface area contributed by atoms with Crippen molar-refractivity contribution in [3.05, 3.63) is 29.6 Å². The number of hydrogen-bond acceptors (Lipinski definition) is 2. The number of nitrogens with one attached hydrogen (secondary N) is 1. The van der Waals surface area contributed by atoms with E-state index in [2.05, 4.69) is 37.3 Å².